The highest BCUT2D eigenvalue weighted by Gasteiger charge is 2.23. The summed E-state index contributed by atoms with van der Waals surface area (Å²) in [4.78, 5) is 4.70. The molecule has 0 spiro atoms. The van der Waals surface area contributed by atoms with Gasteiger partial charge in [0.05, 0.1) is 0 Å². The van der Waals surface area contributed by atoms with Crippen LogP contribution in [0.2, 0.25) is 0 Å². The number of aryl methyl sites for hydroxylation is 6. The summed E-state index contributed by atoms with van der Waals surface area (Å²) in [6.45, 7) is 12.9. The second kappa shape index (κ2) is 14.1. The lowest BCUT2D eigenvalue weighted by Gasteiger charge is -2.29. The smallest absolute Gasteiger partial charge is 0.157 e. The Morgan fingerprint density at radius 2 is 0.823 bits per heavy atom. The molecule has 5 heteroatoms. The standard InChI is InChI=1S/C57H43N3O2/c1-33-15-17-37(5)52(23-33)59(50-13-9-7-11-35(50)3)43-21-19-39-27-45-47-31-48-46-28-40-20-22-44(60(51-14-10-8-12-36(51)4)53-24-34(2)16-18-38(53)6)26-42(40)30-55(46)62-57(48)49(32-58)56(47)61-54(45)29-41(39)25-43/h7-31H,1-6H3. The number of rotatable bonds is 6. The monoisotopic (exact) mass is 801 g/mol. The lowest BCUT2D eigenvalue weighted by molar-refractivity contribution is 0.654. The van der Waals surface area contributed by atoms with Gasteiger partial charge < -0.3 is 18.6 Å². The average molecular weight is 802 g/mol. The fraction of sp³-hybridized carbons (Fsp3) is 0.105. The van der Waals surface area contributed by atoms with Crippen molar-refractivity contribution in [2.45, 2.75) is 41.5 Å². The van der Waals surface area contributed by atoms with Crippen molar-refractivity contribution >= 4 is 99.5 Å². The lowest BCUT2D eigenvalue weighted by atomic mass is 10.00. The molecule has 0 fully saturated rings. The Kier molecular flexibility index (Phi) is 8.49. The summed E-state index contributed by atoms with van der Waals surface area (Å²) in [7, 11) is 0. The van der Waals surface area contributed by atoms with Gasteiger partial charge in [0.1, 0.15) is 22.8 Å². The van der Waals surface area contributed by atoms with E-state index in [2.05, 4.69) is 209 Å². The summed E-state index contributed by atoms with van der Waals surface area (Å²) in [6.07, 6.45) is 0. The van der Waals surface area contributed by atoms with Crippen molar-refractivity contribution in [1.82, 2.24) is 0 Å². The van der Waals surface area contributed by atoms with Crippen LogP contribution in [-0.2, 0) is 0 Å². The van der Waals surface area contributed by atoms with Gasteiger partial charge in [-0.05, 0) is 175 Å². The molecule has 0 aliphatic heterocycles. The van der Waals surface area contributed by atoms with Crippen LogP contribution in [0.1, 0.15) is 38.9 Å². The van der Waals surface area contributed by atoms with Crippen molar-refractivity contribution in [3.8, 4) is 6.07 Å². The molecular formula is C57H43N3O2. The maximum absolute atomic E-state index is 10.7. The van der Waals surface area contributed by atoms with E-state index in [-0.39, 0.29) is 0 Å². The Labute approximate surface area is 360 Å². The third kappa shape index (κ3) is 5.90. The minimum absolute atomic E-state index is 0.403. The Morgan fingerprint density at radius 3 is 1.26 bits per heavy atom. The molecule has 0 amide bonds. The van der Waals surface area contributed by atoms with Crippen molar-refractivity contribution in [3.63, 3.8) is 0 Å². The summed E-state index contributed by atoms with van der Waals surface area (Å²) in [5.41, 5.74) is 16.8. The van der Waals surface area contributed by atoms with Crippen LogP contribution in [0.5, 0.6) is 0 Å². The van der Waals surface area contributed by atoms with E-state index in [0.29, 0.717) is 16.7 Å². The van der Waals surface area contributed by atoms with Gasteiger partial charge in [0.2, 0.25) is 0 Å². The normalized spacial score (nSPS) is 11.7. The molecule has 0 saturated carbocycles. The Morgan fingerprint density at radius 1 is 0.387 bits per heavy atom. The van der Waals surface area contributed by atoms with Gasteiger partial charge in [0.25, 0.3) is 0 Å². The number of anilines is 6. The molecule has 0 aliphatic rings. The van der Waals surface area contributed by atoms with Crippen molar-refractivity contribution in [3.05, 3.63) is 191 Å². The number of furan rings is 2. The van der Waals surface area contributed by atoms with E-state index < -0.39 is 0 Å². The van der Waals surface area contributed by atoms with Crippen LogP contribution in [0.15, 0.2) is 160 Å². The first-order valence-corrected chi connectivity index (χ1v) is 21.1. The molecular weight excluding hydrogens is 759 g/mol. The maximum atomic E-state index is 10.7. The molecule has 0 saturated heterocycles. The molecule has 2 aromatic heterocycles. The summed E-state index contributed by atoms with van der Waals surface area (Å²) >= 11 is 0. The molecule has 9 aromatic carbocycles. The van der Waals surface area contributed by atoms with Gasteiger partial charge in [-0.3, -0.25) is 0 Å². The molecule has 0 aliphatic carbocycles. The van der Waals surface area contributed by atoms with E-state index in [4.69, 9.17) is 8.83 Å². The molecule has 62 heavy (non-hydrogen) atoms. The molecule has 5 nitrogen and oxygen atoms in total. The average Bonchev–Trinajstić information content (AvgIpc) is 3.81. The fourth-order valence-corrected chi connectivity index (χ4v) is 9.34. The second-order valence-electron chi connectivity index (χ2n) is 16.9. The van der Waals surface area contributed by atoms with E-state index >= 15 is 0 Å². The minimum atomic E-state index is 0.403. The quantitative estimate of drug-likeness (QED) is 0.168. The van der Waals surface area contributed by atoms with Gasteiger partial charge in [-0.15, -0.1) is 0 Å². The molecule has 0 N–H and O–H groups in total. The zero-order chi connectivity index (χ0) is 42.4. The largest absolute Gasteiger partial charge is 0.454 e. The van der Waals surface area contributed by atoms with Crippen LogP contribution < -0.4 is 9.80 Å². The number of para-hydroxylation sites is 2. The second-order valence-corrected chi connectivity index (χ2v) is 16.9. The highest BCUT2D eigenvalue weighted by Crippen LogP contribution is 2.45. The lowest BCUT2D eigenvalue weighted by Crippen LogP contribution is -2.12. The van der Waals surface area contributed by atoms with E-state index in [1.54, 1.807) is 0 Å². The first-order chi connectivity index (χ1) is 30.1. The molecule has 0 bridgehead atoms. The van der Waals surface area contributed by atoms with E-state index in [1.165, 1.54) is 33.4 Å². The molecule has 298 valence electrons. The number of fused-ring (bicyclic) bond motifs is 8. The fourth-order valence-electron chi connectivity index (χ4n) is 9.34. The van der Waals surface area contributed by atoms with Crippen LogP contribution in [0, 0.1) is 52.9 Å². The maximum Gasteiger partial charge on any atom is 0.157 e. The number of nitrogens with zero attached hydrogens (tertiary/aromatic N) is 3. The first-order valence-electron chi connectivity index (χ1n) is 21.1. The molecule has 0 radical (unpaired) electrons. The van der Waals surface area contributed by atoms with E-state index in [0.717, 1.165) is 88.4 Å². The first kappa shape index (κ1) is 37.2. The molecule has 2 heterocycles. The highest BCUT2D eigenvalue weighted by atomic mass is 16.3. The predicted octanol–water partition coefficient (Wildman–Crippen LogP) is 16.5. The topological polar surface area (TPSA) is 56.6 Å². The number of hydrogen-bond donors (Lipinski definition) is 0. The van der Waals surface area contributed by atoms with Crippen LogP contribution in [0.25, 0.3) is 65.4 Å². The van der Waals surface area contributed by atoms with Gasteiger partial charge in [-0.25, -0.2) is 0 Å². The Balaban J connectivity index is 1.05. The Hall–Kier alpha value is -7.81. The third-order valence-corrected chi connectivity index (χ3v) is 12.6. The SMILES string of the molecule is Cc1ccc(C)c(N(c2ccc3cc4c(cc3c2)oc2c(C#N)c3oc5cc6cc(N(c7ccccc7C)c7cc(C)ccc7C)ccc6cc5c3cc24)c2ccccc2C)c1. The predicted molar refractivity (Wildman–Crippen MR) is 259 cm³/mol. The van der Waals surface area contributed by atoms with Crippen molar-refractivity contribution in [1.29, 1.82) is 5.26 Å². The highest BCUT2D eigenvalue weighted by molar-refractivity contribution is 6.20. The summed E-state index contributed by atoms with van der Waals surface area (Å²) in [5, 5.41) is 18.7. The molecule has 11 aromatic rings. The molecule has 11 rings (SSSR count). The van der Waals surface area contributed by atoms with Crippen LogP contribution in [0.4, 0.5) is 34.1 Å². The number of nitriles is 1. The van der Waals surface area contributed by atoms with Gasteiger partial charge in [-0.1, -0.05) is 72.8 Å². The third-order valence-electron chi connectivity index (χ3n) is 12.6. The van der Waals surface area contributed by atoms with E-state index in [1.807, 2.05) is 0 Å². The van der Waals surface area contributed by atoms with Crippen molar-refractivity contribution in [2.75, 3.05) is 9.80 Å². The molecule has 0 unspecified atom stereocenters. The van der Waals surface area contributed by atoms with Gasteiger partial charge in [-0.2, -0.15) is 5.26 Å². The molecule has 0 atom stereocenters. The number of benzene rings is 9. The van der Waals surface area contributed by atoms with Gasteiger partial charge >= 0.3 is 0 Å². The van der Waals surface area contributed by atoms with Crippen LogP contribution in [-0.4, -0.2) is 0 Å². The van der Waals surface area contributed by atoms with E-state index in [9.17, 15) is 5.26 Å². The van der Waals surface area contributed by atoms with Crippen molar-refractivity contribution < 1.29 is 8.83 Å². The van der Waals surface area contributed by atoms with Gasteiger partial charge in [0.15, 0.2) is 11.2 Å². The Bertz CT molecular complexity index is 3460. The zero-order valence-electron chi connectivity index (χ0n) is 35.6. The zero-order valence-corrected chi connectivity index (χ0v) is 35.6. The van der Waals surface area contributed by atoms with Crippen molar-refractivity contribution in [2.24, 2.45) is 0 Å². The summed E-state index contributed by atoms with van der Waals surface area (Å²) in [6, 6.07) is 56.7. The minimum Gasteiger partial charge on any atom is -0.454 e. The summed E-state index contributed by atoms with van der Waals surface area (Å²) < 4.78 is 13.3. The van der Waals surface area contributed by atoms with Crippen LogP contribution in [0.3, 0.4) is 0 Å². The van der Waals surface area contributed by atoms with Gasteiger partial charge in [0, 0.05) is 55.7 Å². The van der Waals surface area contributed by atoms with Crippen LogP contribution >= 0.6 is 0 Å². The summed E-state index contributed by atoms with van der Waals surface area (Å²) in [5.74, 6) is 0. The number of hydrogen-bond acceptors (Lipinski definition) is 5.